The lowest BCUT2D eigenvalue weighted by molar-refractivity contribution is 0.663. The number of aromatic nitrogens is 2. The average Bonchev–Trinajstić information content (AvgIpc) is 2.33. The fourth-order valence-corrected chi connectivity index (χ4v) is 3.30. The molecule has 1 fully saturated rings. The molecule has 1 aromatic rings. The zero-order chi connectivity index (χ0) is 11.4. The standard InChI is InChI=1S/C10H15BrN4S/c1-12-9-8(11)10(14-6-13-9)15-7-2-4-16-5-3-7/h6-7H,2-5H2,1H3,(H2,12,13,14,15). The topological polar surface area (TPSA) is 49.8 Å². The van der Waals surface area contributed by atoms with Gasteiger partial charge in [-0.05, 0) is 40.3 Å². The van der Waals surface area contributed by atoms with Crippen molar-refractivity contribution in [2.75, 3.05) is 29.2 Å². The second kappa shape index (κ2) is 5.72. The first-order valence-corrected chi connectivity index (χ1v) is 7.28. The monoisotopic (exact) mass is 302 g/mol. The van der Waals surface area contributed by atoms with E-state index < -0.39 is 0 Å². The lowest BCUT2D eigenvalue weighted by atomic mass is 10.1. The van der Waals surface area contributed by atoms with Crippen LogP contribution in [0.2, 0.25) is 0 Å². The summed E-state index contributed by atoms with van der Waals surface area (Å²) in [6.45, 7) is 0. The largest absolute Gasteiger partial charge is 0.372 e. The van der Waals surface area contributed by atoms with Crippen LogP contribution in [0, 0.1) is 0 Å². The third-order valence-corrected chi connectivity index (χ3v) is 4.39. The third kappa shape index (κ3) is 2.79. The van der Waals surface area contributed by atoms with Crippen LogP contribution < -0.4 is 10.6 Å². The Bertz CT molecular complexity index is 355. The average molecular weight is 303 g/mol. The third-order valence-electron chi connectivity index (χ3n) is 2.59. The predicted molar refractivity (Wildman–Crippen MR) is 73.2 cm³/mol. The summed E-state index contributed by atoms with van der Waals surface area (Å²) >= 11 is 5.54. The van der Waals surface area contributed by atoms with Crippen molar-refractivity contribution in [2.45, 2.75) is 18.9 Å². The van der Waals surface area contributed by atoms with Crippen molar-refractivity contribution >= 4 is 39.3 Å². The van der Waals surface area contributed by atoms with Crippen LogP contribution in [0.5, 0.6) is 0 Å². The van der Waals surface area contributed by atoms with Crippen molar-refractivity contribution in [1.29, 1.82) is 0 Å². The highest BCUT2D eigenvalue weighted by atomic mass is 79.9. The van der Waals surface area contributed by atoms with Gasteiger partial charge in [0.05, 0.1) is 0 Å². The first-order valence-electron chi connectivity index (χ1n) is 5.34. The quantitative estimate of drug-likeness (QED) is 0.899. The molecule has 0 amide bonds. The van der Waals surface area contributed by atoms with E-state index in [1.807, 2.05) is 18.8 Å². The number of hydrogen-bond acceptors (Lipinski definition) is 5. The molecule has 2 N–H and O–H groups in total. The van der Waals surface area contributed by atoms with Crippen molar-refractivity contribution in [2.24, 2.45) is 0 Å². The molecule has 88 valence electrons. The number of anilines is 2. The van der Waals surface area contributed by atoms with Crippen molar-refractivity contribution in [1.82, 2.24) is 9.97 Å². The zero-order valence-corrected chi connectivity index (χ0v) is 11.6. The normalized spacial score (nSPS) is 17.1. The molecule has 16 heavy (non-hydrogen) atoms. The Hall–Kier alpha value is -0.490. The molecule has 0 atom stereocenters. The minimum absolute atomic E-state index is 0.539. The van der Waals surface area contributed by atoms with Crippen LogP contribution in [0.25, 0.3) is 0 Å². The van der Waals surface area contributed by atoms with Crippen LogP contribution >= 0.6 is 27.7 Å². The number of nitrogens with one attached hydrogen (secondary N) is 2. The summed E-state index contributed by atoms with van der Waals surface area (Å²) < 4.78 is 0.913. The number of nitrogens with zero attached hydrogens (tertiary/aromatic N) is 2. The Balaban J connectivity index is 2.08. The summed E-state index contributed by atoms with van der Waals surface area (Å²) in [7, 11) is 1.86. The highest BCUT2D eigenvalue weighted by Crippen LogP contribution is 2.28. The summed E-state index contributed by atoms with van der Waals surface area (Å²) in [6, 6.07) is 0.539. The predicted octanol–water partition coefficient (Wildman–Crippen LogP) is 2.59. The van der Waals surface area contributed by atoms with E-state index in [0.29, 0.717) is 6.04 Å². The fraction of sp³-hybridized carbons (Fsp3) is 0.600. The van der Waals surface area contributed by atoms with Gasteiger partial charge in [0.15, 0.2) is 0 Å². The molecule has 4 nitrogen and oxygen atoms in total. The maximum atomic E-state index is 4.27. The van der Waals surface area contributed by atoms with Gasteiger partial charge in [-0.3, -0.25) is 0 Å². The van der Waals surface area contributed by atoms with Gasteiger partial charge in [0.25, 0.3) is 0 Å². The SMILES string of the molecule is CNc1ncnc(NC2CCSCC2)c1Br. The number of halogens is 1. The first kappa shape index (κ1) is 12.0. The summed E-state index contributed by atoms with van der Waals surface area (Å²) in [6.07, 6.45) is 3.99. The molecule has 0 spiro atoms. The molecule has 1 aromatic heterocycles. The molecule has 6 heteroatoms. The number of thioether (sulfide) groups is 1. The van der Waals surface area contributed by atoms with Crippen LogP contribution in [-0.2, 0) is 0 Å². The Morgan fingerprint density at radius 2 is 2.00 bits per heavy atom. The highest BCUT2D eigenvalue weighted by Gasteiger charge is 2.16. The first-order chi connectivity index (χ1) is 7.81. The van der Waals surface area contributed by atoms with Gasteiger partial charge in [-0.15, -0.1) is 0 Å². The minimum Gasteiger partial charge on any atom is -0.372 e. The second-order valence-electron chi connectivity index (χ2n) is 3.67. The van der Waals surface area contributed by atoms with Crippen LogP contribution in [-0.4, -0.2) is 34.6 Å². The molecule has 1 aliphatic rings. The van der Waals surface area contributed by atoms with Crippen LogP contribution in [0.15, 0.2) is 10.8 Å². The zero-order valence-electron chi connectivity index (χ0n) is 9.16. The van der Waals surface area contributed by atoms with Crippen molar-refractivity contribution in [3.63, 3.8) is 0 Å². The van der Waals surface area contributed by atoms with Crippen molar-refractivity contribution in [3.05, 3.63) is 10.8 Å². The van der Waals surface area contributed by atoms with E-state index in [1.165, 1.54) is 24.3 Å². The molecular weight excluding hydrogens is 288 g/mol. The maximum absolute atomic E-state index is 4.27. The Morgan fingerprint density at radius 3 is 2.69 bits per heavy atom. The van der Waals surface area contributed by atoms with E-state index in [1.54, 1.807) is 6.33 Å². The van der Waals surface area contributed by atoms with Crippen LogP contribution in [0.1, 0.15) is 12.8 Å². The van der Waals surface area contributed by atoms with E-state index in [9.17, 15) is 0 Å². The fourth-order valence-electron chi connectivity index (χ4n) is 1.68. The molecular formula is C10H15BrN4S. The van der Waals surface area contributed by atoms with Gasteiger partial charge in [-0.1, -0.05) is 0 Å². The molecule has 0 unspecified atom stereocenters. The van der Waals surface area contributed by atoms with Gasteiger partial charge in [0.2, 0.25) is 0 Å². The molecule has 1 aliphatic heterocycles. The summed E-state index contributed by atoms with van der Waals surface area (Å²) in [5.41, 5.74) is 0. The lowest BCUT2D eigenvalue weighted by Crippen LogP contribution is -2.25. The summed E-state index contributed by atoms with van der Waals surface area (Å²) in [4.78, 5) is 8.40. The number of hydrogen-bond donors (Lipinski definition) is 2. The second-order valence-corrected chi connectivity index (χ2v) is 5.68. The smallest absolute Gasteiger partial charge is 0.146 e. The van der Waals surface area contributed by atoms with Gasteiger partial charge < -0.3 is 10.6 Å². The van der Waals surface area contributed by atoms with Gasteiger partial charge in [0, 0.05) is 13.1 Å². The van der Waals surface area contributed by atoms with Crippen LogP contribution in [0.4, 0.5) is 11.6 Å². The van der Waals surface area contributed by atoms with Gasteiger partial charge in [0.1, 0.15) is 22.4 Å². The molecule has 0 bridgehead atoms. The van der Waals surface area contributed by atoms with Gasteiger partial charge >= 0.3 is 0 Å². The van der Waals surface area contributed by atoms with E-state index in [4.69, 9.17) is 0 Å². The Morgan fingerprint density at radius 1 is 1.31 bits per heavy atom. The van der Waals surface area contributed by atoms with E-state index in [-0.39, 0.29) is 0 Å². The molecule has 2 heterocycles. The highest BCUT2D eigenvalue weighted by molar-refractivity contribution is 9.10. The maximum Gasteiger partial charge on any atom is 0.146 e. The molecule has 1 saturated heterocycles. The lowest BCUT2D eigenvalue weighted by Gasteiger charge is -2.23. The molecule has 0 saturated carbocycles. The van der Waals surface area contributed by atoms with E-state index in [0.717, 1.165) is 16.1 Å². The van der Waals surface area contributed by atoms with Crippen molar-refractivity contribution in [3.8, 4) is 0 Å². The molecule has 2 rings (SSSR count). The Kier molecular flexibility index (Phi) is 4.29. The van der Waals surface area contributed by atoms with Gasteiger partial charge in [-0.25, -0.2) is 9.97 Å². The van der Waals surface area contributed by atoms with Crippen LogP contribution in [0.3, 0.4) is 0 Å². The summed E-state index contributed by atoms with van der Waals surface area (Å²) in [5.74, 6) is 4.18. The van der Waals surface area contributed by atoms with E-state index in [2.05, 4.69) is 36.5 Å². The Labute approximate surface area is 108 Å². The summed E-state index contributed by atoms with van der Waals surface area (Å²) in [5, 5.41) is 6.50. The van der Waals surface area contributed by atoms with Gasteiger partial charge in [-0.2, -0.15) is 11.8 Å². The molecule has 0 aromatic carbocycles. The number of rotatable bonds is 3. The minimum atomic E-state index is 0.539. The molecule has 0 aliphatic carbocycles. The van der Waals surface area contributed by atoms with E-state index >= 15 is 0 Å². The van der Waals surface area contributed by atoms with Crippen molar-refractivity contribution < 1.29 is 0 Å². The molecule has 0 radical (unpaired) electrons.